The van der Waals surface area contributed by atoms with Gasteiger partial charge in [-0.2, -0.15) is 13.2 Å². The van der Waals surface area contributed by atoms with E-state index in [2.05, 4.69) is 25.6 Å². The fraction of sp³-hybridized carbons (Fsp3) is 0.296. The lowest BCUT2D eigenvalue weighted by atomic mass is 9.97. The molecule has 0 unspecified atom stereocenters. The molecule has 3 amide bonds. The second kappa shape index (κ2) is 10.4. The maximum Gasteiger partial charge on any atom is 0.416 e. The van der Waals surface area contributed by atoms with Gasteiger partial charge in [0.1, 0.15) is 10.6 Å². The minimum absolute atomic E-state index is 0.228. The number of anilines is 3. The fourth-order valence-corrected chi connectivity index (χ4v) is 5.04. The first-order chi connectivity index (χ1) is 19.1. The Balaban J connectivity index is 1.39. The highest BCUT2D eigenvalue weighted by Crippen LogP contribution is 2.45. The number of urea groups is 1. The summed E-state index contributed by atoms with van der Waals surface area (Å²) in [6, 6.07) is 15.0. The van der Waals surface area contributed by atoms with E-state index >= 15 is 0 Å². The van der Waals surface area contributed by atoms with Crippen LogP contribution in [-0.4, -0.2) is 42.1 Å². The Morgan fingerprint density at radius 1 is 1.15 bits per heavy atom. The quantitative estimate of drug-likeness (QED) is 0.296. The number of pyridine rings is 1. The average Bonchev–Trinajstić information content (AvgIpc) is 3.28. The van der Waals surface area contributed by atoms with E-state index in [-0.39, 0.29) is 19.0 Å². The van der Waals surface area contributed by atoms with Gasteiger partial charge in [-0.05, 0) is 55.3 Å². The van der Waals surface area contributed by atoms with Crippen molar-refractivity contribution in [3.05, 3.63) is 71.8 Å². The summed E-state index contributed by atoms with van der Waals surface area (Å²) in [7, 11) is 0. The Bertz CT molecular complexity index is 1500. The smallest absolute Gasteiger partial charge is 0.366 e. The molecule has 1 fully saturated rings. The van der Waals surface area contributed by atoms with E-state index in [1.54, 1.807) is 47.4 Å². The molecule has 5 rings (SSSR count). The molecular formula is C27H26F3N8O2+. The van der Waals surface area contributed by atoms with Gasteiger partial charge in [-0.15, -0.1) is 0 Å². The number of nitrogens with one attached hydrogen (secondary N) is 3. The van der Waals surface area contributed by atoms with E-state index in [0.717, 1.165) is 29.9 Å². The molecule has 0 radical (unpaired) electrons. The van der Waals surface area contributed by atoms with Crippen molar-refractivity contribution in [3.8, 4) is 11.3 Å². The second-order valence-electron chi connectivity index (χ2n) is 9.93. The highest BCUT2D eigenvalue weighted by atomic mass is 19.4. The van der Waals surface area contributed by atoms with Crippen LogP contribution in [0, 0.1) is 5.53 Å². The third kappa shape index (κ3) is 5.36. The Labute approximate surface area is 227 Å². The van der Waals surface area contributed by atoms with Crippen LogP contribution in [0.1, 0.15) is 24.5 Å². The van der Waals surface area contributed by atoms with Crippen LogP contribution < -0.4 is 25.3 Å². The van der Waals surface area contributed by atoms with Crippen molar-refractivity contribution < 1.29 is 22.8 Å². The van der Waals surface area contributed by atoms with Crippen molar-refractivity contribution in [3.63, 3.8) is 0 Å². The highest BCUT2D eigenvalue weighted by molar-refractivity contribution is 6.05. The van der Waals surface area contributed by atoms with Gasteiger partial charge in [0.05, 0.1) is 22.5 Å². The molecule has 40 heavy (non-hydrogen) atoms. The van der Waals surface area contributed by atoms with Crippen LogP contribution in [0.4, 0.5) is 35.2 Å². The lowest BCUT2D eigenvalue weighted by Crippen LogP contribution is -2.56. The Hall–Kier alpha value is -4.77. The summed E-state index contributed by atoms with van der Waals surface area (Å²) in [4.78, 5) is 36.6. The molecule has 2 bridgehead atoms. The normalized spacial score (nSPS) is 17.6. The standard InChI is InChI=1S/C27H25F3N8O2/c1-26-11-12-37(16-26)22-10-9-21(18-3-2-4-19(13-18)27(28,29)30)35-24(22)38(26)25(40)34-20-7-5-17(6-8-20)14-32-23(39)15-33-36-31/h2-10,13,31H,11-12,14-16H2,1H3,(H-,32,34,39,40)/p+1/t26-/m0/s1. The highest BCUT2D eigenvalue weighted by Gasteiger charge is 2.49. The third-order valence-electron chi connectivity index (χ3n) is 7.07. The SMILES string of the molecule is C[C@]12CCN(C1)c1ccc(-c3cccc(C(F)(F)F)c3)nc1N2C(=O)Nc1ccc(CNC(=O)CN=[N+]=N)cc1. The summed E-state index contributed by atoms with van der Waals surface area (Å²) in [5.41, 5.74) is 7.99. The van der Waals surface area contributed by atoms with E-state index in [1.807, 2.05) is 6.92 Å². The summed E-state index contributed by atoms with van der Waals surface area (Å²) < 4.78 is 40.0. The van der Waals surface area contributed by atoms with Crippen LogP contribution >= 0.6 is 0 Å². The Kier molecular flexibility index (Phi) is 6.99. The predicted octanol–water partition coefficient (Wildman–Crippen LogP) is 4.95. The largest absolute Gasteiger partial charge is 0.416 e. The van der Waals surface area contributed by atoms with Gasteiger partial charge in [-0.1, -0.05) is 24.3 Å². The Morgan fingerprint density at radius 3 is 2.65 bits per heavy atom. The molecule has 2 aliphatic heterocycles. The minimum Gasteiger partial charge on any atom is -0.366 e. The number of aromatic nitrogens is 1. The second-order valence-corrected chi connectivity index (χ2v) is 9.93. The van der Waals surface area contributed by atoms with E-state index in [0.29, 0.717) is 35.7 Å². The molecule has 0 spiro atoms. The van der Waals surface area contributed by atoms with Gasteiger partial charge < -0.3 is 15.5 Å². The number of carbonyl (C=O) groups excluding carboxylic acids is 2. The monoisotopic (exact) mass is 551 g/mol. The number of halogens is 3. The molecule has 3 N–H and O–H groups in total. The molecule has 206 valence electrons. The van der Waals surface area contributed by atoms with Crippen molar-refractivity contribution in [2.75, 3.05) is 34.8 Å². The molecule has 0 aliphatic carbocycles. The lowest BCUT2D eigenvalue weighted by molar-refractivity contribution is -0.137. The summed E-state index contributed by atoms with van der Waals surface area (Å²) in [5.74, 6) is 0.0239. The maximum atomic E-state index is 13.7. The van der Waals surface area contributed by atoms with E-state index < -0.39 is 23.3 Å². The molecule has 10 nitrogen and oxygen atoms in total. The van der Waals surface area contributed by atoms with Crippen molar-refractivity contribution in [1.29, 1.82) is 5.53 Å². The molecule has 2 aromatic carbocycles. The topological polar surface area (TPSA) is 128 Å². The first kappa shape index (κ1) is 26.8. The zero-order valence-corrected chi connectivity index (χ0v) is 21.5. The number of carbonyl (C=O) groups is 2. The van der Waals surface area contributed by atoms with Gasteiger partial charge in [-0.3, -0.25) is 9.69 Å². The third-order valence-corrected chi connectivity index (χ3v) is 7.07. The lowest BCUT2D eigenvalue weighted by Gasteiger charge is -2.42. The minimum atomic E-state index is -4.48. The molecule has 1 aromatic heterocycles. The molecule has 1 atom stereocenters. The van der Waals surface area contributed by atoms with Crippen molar-refractivity contribution in [2.45, 2.75) is 31.6 Å². The van der Waals surface area contributed by atoms with Crippen LogP contribution in [-0.2, 0) is 17.5 Å². The van der Waals surface area contributed by atoms with Crippen molar-refractivity contribution >= 4 is 29.1 Å². The zero-order chi connectivity index (χ0) is 28.5. The maximum absolute atomic E-state index is 13.7. The predicted molar refractivity (Wildman–Crippen MR) is 142 cm³/mol. The van der Waals surface area contributed by atoms with Crippen LogP contribution in [0.2, 0.25) is 0 Å². The van der Waals surface area contributed by atoms with E-state index in [9.17, 15) is 22.8 Å². The van der Waals surface area contributed by atoms with E-state index in [4.69, 9.17) is 10.5 Å². The molecule has 13 heteroatoms. The van der Waals surface area contributed by atoms with Crippen LogP contribution in [0.3, 0.4) is 0 Å². The van der Waals surface area contributed by atoms with Crippen LogP contribution in [0.5, 0.6) is 0 Å². The Morgan fingerprint density at radius 2 is 1.93 bits per heavy atom. The van der Waals surface area contributed by atoms with Gasteiger partial charge >= 0.3 is 12.2 Å². The molecule has 0 saturated carbocycles. The average molecular weight is 552 g/mol. The molecule has 3 aromatic rings. The molecular weight excluding hydrogens is 525 g/mol. The number of nitrogens with zero attached hydrogens (tertiary/aromatic N) is 5. The van der Waals surface area contributed by atoms with Gasteiger partial charge in [0, 0.05) is 30.9 Å². The number of amides is 3. The first-order valence-corrected chi connectivity index (χ1v) is 12.5. The summed E-state index contributed by atoms with van der Waals surface area (Å²) >= 11 is 0. The molecule has 1 saturated heterocycles. The van der Waals surface area contributed by atoms with Crippen LogP contribution in [0.15, 0.2) is 65.8 Å². The van der Waals surface area contributed by atoms with Crippen molar-refractivity contribution in [1.82, 2.24) is 15.2 Å². The van der Waals surface area contributed by atoms with Gasteiger partial charge in [0.15, 0.2) is 5.82 Å². The van der Waals surface area contributed by atoms with Gasteiger partial charge in [0.25, 0.3) is 0 Å². The first-order valence-electron chi connectivity index (χ1n) is 12.5. The zero-order valence-electron chi connectivity index (χ0n) is 21.5. The van der Waals surface area contributed by atoms with Crippen molar-refractivity contribution in [2.24, 2.45) is 5.11 Å². The fourth-order valence-electron chi connectivity index (χ4n) is 5.04. The van der Waals surface area contributed by atoms with Crippen LogP contribution in [0.25, 0.3) is 11.3 Å². The number of alkyl halides is 3. The number of fused-ring (bicyclic) bond motifs is 4. The summed E-state index contributed by atoms with van der Waals surface area (Å²) in [6.07, 6.45) is -3.78. The molecule has 2 aliphatic rings. The molecule has 3 heterocycles. The van der Waals surface area contributed by atoms with Gasteiger partial charge in [0.2, 0.25) is 17.4 Å². The summed E-state index contributed by atoms with van der Waals surface area (Å²) in [6.45, 7) is 3.32. The number of hydrogen-bond donors (Lipinski definition) is 3. The summed E-state index contributed by atoms with van der Waals surface area (Å²) in [5, 5.41) is 8.90. The number of rotatable bonds is 6. The number of hydrogen-bond acceptors (Lipinski definition) is 6. The van der Waals surface area contributed by atoms with Gasteiger partial charge in [-0.25, -0.2) is 9.78 Å². The number of benzene rings is 2. The van der Waals surface area contributed by atoms with E-state index in [1.165, 1.54) is 6.07 Å².